The second-order valence-electron chi connectivity index (χ2n) is 6.38. The molecule has 0 aromatic heterocycles. The Kier molecular flexibility index (Phi) is 17.7. The van der Waals surface area contributed by atoms with E-state index in [1.807, 2.05) is 0 Å². The molecule has 1 aromatic rings. The summed E-state index contributed by atoms with van der Waals surface area (Å²) in [5, 5.41) is 0. The van der Waals surface area contributed by atoms with Crippen molar-refractivity contribution < 1.29 is 20.2 Å². The molecule has 2 rings (SSSR count). The molecule has 1 aliphatic rings. The molecule has 0 amide bonds. The van der Waals surface area contributed by atoms with Crippen LogP contribution in [-0.2, 0) is 19.0 Å². The molecule has 0 saturated carbocycles. The van der Waals surface area contributed by atoms with Crippen molar-refractivity contribution in [3.05, 3.63) is 30.3 Å². The summed E-state index contributed by atoms with van der Waals surface area (Å²) in [6.07, 6.45) is 12.3. The molecule has 0 aliphatic carbocycles. The molecule has 0 N–H and O–H groups in total. The van der Waals surface area contributed by atoms with Gasteiger partial charge in [0.15, 0.2) is 0 Å². The van der Waals surface area contributed by atoms with Crippen LogP contribution in [0, 0.1) is 0 Å². The Morgan fingerprint density at radius 3 is 1.81 bits per heavy atom. The molecule has 1 aromatic carbocycles. The monoisotopic (exact) mass is 412 g/mol. The van der Waals surface area contributed by atoms with E-state index in [1.54, 1.807) is 30.3 Å². The van der Waals surface area contributed by atoms with Crippen LogP contribution in [0.3, 0.4) is 0 Å². The minimum Gasteiger partial charge on any atom is -1.00 e. The zero-order chi connectivity index (χ0) is 18.2. The van der Waals surface area contributed by atoms with E-state index in [9.17, 15) is 8.42 Å². The molecule has 148 valence electrons. The number of hydrogen-bond donors (Lipinski definition) is 0. The van der Waals surface area contributed by atoms with Crippen molar-refractivity contribution in [2.24, 2.45) is 0 Å². The van der Waals surface area contributed by atoms with Gasteiger partial charge in [-0.05, 0) is 18.6 Å². The average Bonchev–Trinajstić information content (AvgIpc) is 3.49. The minimum atomic E-state index is -3.57. The van der Waals surface area contributed by atoms with Gasteiger partial charge in [-0.2, -0.15) is 8.42 Å². The predicted molar refractivity (Wildman–Crippen MR) is 110 cm³/mol. The summed E-state index contributed by atoms with van der Waals surface area (Å²) in [7, 11) is -3.57. The van der Waals surface area contributed by atoms with E-state index in [0.29, 0.717) is 0 Å². The van der Waals surface area contributed by atoms with Crippen LogP contribution in [0.5, 0.6) is 0 Å². The van der Waals surface area contributed by atoms with E-state index in [2.05, 4.69) is 11.7 Å². The number of benzene rings is 1. The first-order valence-corrected chi connectivity index (χ1v) is 11.1. The summed E-state index contributed by atoms with van der Waals surface area (Å²) in [6.45, 7) is 4.52. The Bertz CT molecular complexity index is 526. The first-order valence-electron chi connectivity index (χ1n) is 9.69. The number of unbranched alkanes of at least 4 members (excludes halogenated alkanes) is 9. The van der Waals surface area contributed by atoms with Crippen molar-refractivity contribution in [3.63, 3.8) is 0 Å². The Morgan fingerprint density at radius 1 is 0.885 bits per heavy atom. The van der Waals surface area contributed by atoms with Crippen molar-refractivity contribution in [2.75, 3.05) is 19.8 Å². The largest absolute Gasteiger partial charge is 2.00 e. The minimum absolute atomic E-state index is 0. The van der Waals surface area contributed by atoms with Gasteiger partial charge in [-0.1, -0.05) is 82.9 Å². The predicted octanol–water partition coefficient (Wildman–Crippen LogP) is 5.17. The van der Waals surface area contributed by atoms with Crippen LogP contribution in [0.15, 0.2) is 35.2 Å². The van der Waals surface area contributed by atoms with Crippen LogP contribution in [0.4, 0.5) is 0 Å². The van der Waals surface area contributed by atoms with E-state index < -0.39 is 10.1 Å². The zero-order valence-electron chi connectivity index (χ0n) is 18.3. The first-order chi connectivity index (χ1) is 12.2. The van der Waals surface area contributed by atoms with Gasteiger partial charge in [0.25, 0.3) is 10.1 Å². The second kappa shape index (κ2) is 17.4. The molecule has 0 unspecified atom stereocenters. The third-order valence-corrected chi connectivity index (χ3v) is 5.30. The van der Waals surface area contributed by atoms with Crippen LogP contribution < -0.4 is 0 Å². The summed E-state index contributed by atoms with van der Waals surface area (Å²) < 4.78 is 33.3. The maximum atomic E-state index is 11.9. The summed E-state index contributed by atoms with van der Waals surface area (Å²) in [5.41, 5.74) is 0. The average molecular weight is 413 g/mol. The van der Waals surface area contributed by atoms with Gasteiger partial charge in [-0.25, -0.2) is 0 Å². The van der Waals surface area contributed by atoms with Crippen molar-refractivity contribution in [1.82, 2.24) is 0 Å². The zero-order valence-corrected chi connectivity index (χ0v) is 19.4. The molecule has 1 saturated heterocycles. The Labute approximate surface area is 193 Å². The SMILES string of the molecule is C1CO1.CCCCCCCCCCCCOS(=O)(=O)c1ccccc1.[Ca+2].[H-].[H-]. The third-order valence-electron chi connectivity index (χ3n) is 3.97. The quantitative estimate of drug-likeness (QED) is 0.194. The smallest absolute Gasteiger partial charge is 1.00 e. The van der Waals surface area contributed by atoms with Crippen LogP contribution in [0.1, 0.15) is 74.0 Å². The number of rotatable bonds is 13. The van der Waals surface area contributed by atoms with E-state index in [-0.39, 0.29) is 52.1 Å². The second-order valence-corrected chi connectivity index (χ2v) is 8.00. The normalized spacial score (nSPS) is 12.7. The molecule has 1 aliphatic heterocycles. The molecule has 4 nitrogen and oxygen atoms in total. The van der Waals surface area contributed by atoms with Gasteiger partial charge in [0.2, 0.25) is 0 Å². The Hall–Kier alpha value is 0.350. The molecule has 0 bridgehead atoms. The van der Waals surface area contributed by atoms with Crippen molar-refractivity contribution in [3.8, 4) is 0 Å². The Morgan fingerprint density at radius 2 is 1.35 bits per heavy atom. The number of epoxide rings is 1. The van der Waals surface area contributed by atoms with Gasteiger partial charge < -0.3 is 7.59 Å². The summed E-state index contributed by atoms with van der Waals surface area (Å²) in [6, 6.07) is 8.33. The number of ether oxygens (including phenoxy) is 1. The third kappa shape index (κ3) is 15.4. The molecule has 1 heterocycles. The van der Waals surface area contributed by atoms with Crippen LogP contribution in [-0.4, -0.2) is 66.0 Å². The fourth-order valence-corrected chi connectivity index (χ4v) is 3.38. The number of hydrogen-bond acceptors (Lipinski definition) is 4. The van der Waals surface area contributed by atoms with Gasteiger partial charge >= 0.3 is 37.7 Å². The Balaban J connectivity index is -0.000000947. The molecular weight excluding hydrogens is 376 g/mol. The first kappa shape index (κ1) is 26.3. The maximum absolute atomic E-state index is 11.9. The van der Waals surface area contributed by atoms with Crippen molar-refractivity contribution in [1.29, 1.82) is 0 Å². The molecular formula is C20H36CaO4S. The fraction of sp³-hybridized carbons (Fsp3) is 0.700. The fourth-order valence-electron chi connectivity index (χ4n) is 2.41. The van der Waals surface area contributed by atoms with Crippen molar-refractivity contribution in [2.45, 2.75) is 76.0 Å². The van der Waals surface area contributed by atoms with Gasteiger partial charge in [-0.3, -0.25) is 4.18 Å². The van der Waals surface area contributed by atoms with Gasteiger partial charge in [-0.15, -0.1) is 0 Å². The van der Waals surface area contributed by atoms with E-state index in [4.69, 9.17) is 4.18 Å². The van der Waals surface area contributed by atoms with Gasteiger partial charge in [0.1, 0.15) is 0 Å². The molecule has 26 heavy (non-hydrogen) atoms. The van der Waals surface area contributed by atoms with Crippen LogP contribution in [0.2, 0.25) is 0 Å². The maximum Gasteiger partial charge on any atom is 2.00 e. The summed E-state index contributed by atoms with van der Waals surface area (Å²) in [5.74, 6) is 0. The molecule has 0 radical (unpaired) electrons. The van der Waals surface area contributed by atoms with E-state index in [0.717, 1.165) is 26.1 Å². The topological polar surface area (TPSA) is 55.9 Å². The summed E-state index contributed by atoms with van der Waals surface area (Å²) >= 11 is 0. The van der Waals surface area contributed by atoms with E-state index in [1.165, 1.54) is 51.4 Å². The van der Waals surface area contributed by atoms with E-state index >= 15 is 0 Å². The molecule has 6 heteroatoms. The molecule has 0 atom stereocenters. The summed E-state index contributed by atoms with van der Waals surface area (Å²) in [4.78, 5) is 0.238. The molecule has 0 spiro atoms. The van der Waals surface area contributed by atoms with Crippen molar-refractivity contribution >= 4 is 47.9 Å². The van der Waals surface area contributed by atoms with Gasteiger partial charge in [0.05, 0.1) is 24.7 Å². The van der Waals surface area contributed by atoms with Crippen LogP contribution >= 0.6 is 0 Å². The standard InChI is InChI=1S/C18H30O3S.C2H4O.Ca.2H/c1-2-3-4-5-6-7-8-9-10-14-17-21-22(19,20)18-15-12-11-13-16-18;1-2-3-1;;;/h11-13,15-16H,2-10,14,17H2,1H3;1-2H2;;;/q;;+2;2*-1. The molecule has 1 fully saturated rings. The van der Waals surface area contributed by atoms with Crippen LogP contribution in [0.25, 0.3) is 0 Å². The van der Waals surface area contributed by atoms with Gasteiger partial charge in [0, 0.05) is 0 Å².